The van der Waals surface area contributed by atoms with Crippen molar-refractivity contribution in [2.45, 2.75) is 47.0 Å². The summed E-state index contributed by atoms with van der Waals surface area (Å²) < 4.78 is 6.05. The Kier molecular flexibility index (Phi) is 16.5. The van der Waals surface area contributed by atoms with Gasteiger partial charge in [-0.05, 0) is 38.7 Å². The first-order valence-electron chi connectivity index (χ1n) is 10.7. The Morgan fingerprint density at radius 2 is 1.97 bits per heavy atom. The van der Waals surface area contributed by atoms with Crippen LogP contribution in [0.5, 0.6) is 0 Å². The minimum Gasteiger partial charge on any atom is -0.476 e. The third-order valence-corrected chi connectivity index (χ3v) is 4.65. The molecule has 0 N–H and O–H groups in total. The number of ether oxygens (including phenoxy) is 1. The highest BCUT2D eigenvalue weighted by Crippen LogP contribution is 2.22. The van der Waals surface area contributed by atoms with Crippen molar-refractivity contribution in [1.82, 2.24) is 4.90 Å². The fourth-order valence-corrected chi connectivity index (χ4v) is 3.00. The second-order valence-corrected chi connectivity index (χ2v) is 6.79. The largest absolute Gasteiger partial charge is 0.476 e. The van der Waals surface area contributed by atoms with Crippen LogP contribution in [0.2, 0.25) is 0 Å². The molecule has 0 amide bonds. The number of halogens is 1. The predicted octanol–water partition coefficient (Wildman–Crippen LogP) is 7.37. The molecule has 0 aliphatic carbocycles. The topological polar surface area (TPSA) is 24.8 Å². The van der Waals surface area contributed by atoms with Gasteiger partial charge in [-0.25, -0.2) is 0 Å². The van der Waals surface area contributed by atoms with Crippen molar-refractivity contribution in [3.8, 4) is 0 Å². The van der Waals surface area contributed by atoms with E-state index in [4.69, 9.17) is 16.3 Å². The molecule has 1 heterocycles. The molecule has 1 rings (SSSR count). The number of hydrogen-bond acceptors (Lipinski definition) is 3. The number of hydrogen-bond donors (Lipinski definition) is 0. The van der Waals surface area contributed by atoms with Crippen LogP contribution in [0, 0.1) is 0 Å². The minimum atomic E-state index is 0.308. The molecule has 0 fully saturated rings. The number of rotatable bonds is 12. The van der Waals surface area contributed by atoms with E-state index < -0.39 is 0 Å². The van der Waals surface area contributed by atoms with Gasteiger partial charge in [-0.1, -0.05) is 75.6 Å². The maximum atomic E-state index is 6.05. The normalized spacial score (nSPS) is 15.8. The molecule has 0 aromatic heterocycles. The van der Waals surface area contributed by atoms with Crippen molar-refractivity contribution < 1.29 is 4.74 Å². The van der Waals surface area contributed by atoms with E-state index in [2.05, 4.69) is 47.9 Å². The summed E-state index contributed by atoms with van der Waals surface area (Å²) in [6.45, 7) is 22.0. The monoisotopic (exact) mass is 430 g/mol. The molecule has 1 aliphatic heterocycles. The molecule has 1 aliphatic rings. The minimum absolute atomic E-state index is 0.308. The molecule has 0 saturated heterocycles. The van der Waals surface area contributed by atoms with Crippen molar-refractivity contribution in [1.29, 1.82) is 0 Å². The molecule has 0 unspecified atom stereocenters. The molecular formula is C26H39ClN2O. The van der Waals surface area contributed by atoms with Gasteiger partial charge in [0.15, 0.2) is 5.76 Å². The first kappa shape index (κ1) is 27.9. The van der Waals surface area contributed by atoms with Crippen molar-refractivity contribution in [3.05, 3.63) is 84.9 Å². The van der Waals surface area contributed by atoms with E-state index in [9.17, 15) is 0 Å². The lowest BCUT2D eigenvalue weighted by molar-refractivity contribution is 0.0678. The van der Waals surface area contributed by atoms with Gasteiger partial charge < -0.3 is 4.74 Å². The van der Waals surface area contributed by atoms with Gasteiger partial charge in [0.05, 0.1) is 0 Å². The van der Waals surface area contributed by atoms with Crippen LogP contribution >= 0.6 is 11.6 Å². The molecule has 0 aromatic carbocycles. The van der Waals surface area contributed by atoms with E-state index in [1.165, 1.54) is 5.57 Å². The van der Waals surface area contributed by atoms with Crippen LogP contribution in [0.15, 0.2) is 89.9 Å². The third-order valence-electron chi connectivity index (χ3n) is 4.33. The van der Waals surface area contributed by atoms with Crippen molar-refractivity contribution in [2.24, 2.45) is 4.99 Å². The Hall–Kier alpha value is -2.10. The Balaban J connectivity index is 0.00000407. The van der Waals surface area contributed by atoms with Gasteiger partial charge in [0.2, 0.25) is 0 Å². The Morgan fingerprint density at radius 1 is 1.23 bits per heavy atom. The summed E-state index contributed by atoms with van der Waals surface area (Å²) in [5.41, 5.74) is 3.85. The van der Waals surface area contributed by atoms with E-state index >= 15 is 0 Å². The maximum absolute atomic E-state index is 6.05. The molecule has 4 heteroatoms. The molecule has 0 radical (unpaired) electrons. The van der Waals surface area contributed by atoms with Crippen molar-refractivity contribution in [3.63, 3.8) is 0 Å². The van der Waals surface area contributed by atoms with Gasteiger partial charge in [-0.3, -0.25) is 9.89 Å². The quantitative estimate of drug-likeness (QED) is 0.140. The van der Waals surface area contributed by atoms with Gasteiger partial charge in [-0.15, -0.1) is 11.6 Å². The summed E-state index contributed by atoms with van der Waals surface area (Å²) in [6, 6.07) is 0. The lowest BCUT2D eigenvalue weighted by atomic mass is 10.0. The molecule has 0 bridgehead atoms. The predicted molar refractivity (Wildman–Crippen MR) is 135 cm³/mol. The molecule has 0 saturated carbocycles. The van der Waals surface area contributed by atoms with E-state index in [-0.39, 0.29) is 0 Å². The highest BCUT2D eigenvalue weighted by molar-refractivity contribution is 6.25. The number of aliphatic imine (C=N–C) groups is 1. The van der Waals surface area contributed by atoms with E-state index in [0.29, 0.717) is 18.3 Å². The molecule has 30 heavy (non-hydrogen) atoms. The zero-order chi connectivity index (χ0) is 22.8. The average Bonchev–Trinajstić information content (AvgIpc) is 2.79. The highest BCUT2D eigenvalue weighted by atomic mass is 35.5. The first-order valence-corrected chi connectivity index (χ1v) is 11.2. The molecule has 0 spiro atoms. The van der Waals surface area contributed by atoms with Crippen LogP contribution in [0.1, 0.15) is 47.0 Å². The van der Waals surface area contributed by atoms with Gasteiger partial charge in [0.1, 0.15) is 12.4 Å². The SMILES string of the molecule is C=C/C=C(\C/C=C\C)CCCN1COC(C(=N/C=C\C)C(=C)CCl)=C(C=C)C1.CC. The fourth-order valence-electron chi connectivity index (χ4n) is 2.87. The zero-order valence-electron chi connectivity index (χ0n) is 19.3. The van der Waals surface area contributed by atoms with Gasteiger partial charge in [-0.2, -0.15) is 0 Å². The number of allylic oxidation sites excluding steroid dienone is 7. The standard InChI is InChI=1S/C24H33ClN2O.C2H6/c1-6-10-13-21(12-7-2)14-11-16-27-18-22(9-4)24(28-19-27)23(20(5)17-25)26-15-8-3;1-2/h6-10,12,15H,2,4-5,11,13-14,16-19H2,1,3H3;1-2H3/b10-6-,15-8-,21-12+,26-23?;. The van der Waals surface area contributed by atoms with Crippen LogP contribution in [0.4, 0.5) is 0 Å². The Bertz CT molecular complexity index is 696. The average molecular weight is 431 g/mol. The summed E-state index contributed by atoms with van der Waals surface area (Å²) in [5, 5.41) is 0. The van der Waals surface area contributed by atoms with Crippen LogP contribution in [0.3, 0.4) is 0 Å². The van der Waals surface area contributed by atoms with E-state index in [1.807, 2.05) is 45.9 Å². The number of nitrogens with zero attached hydrogens (tertiary/aromatic N) is 2. The summed E-state index contributed by atoms with van der Waals surface area (Å²) in [6.07, 6.45) is 16.8. The second-order valence-electron chi connectivity index (χ2n) is 6.52. The summed E-state index contributed by atoms with van der Waals surface area (Å²) in [7, 11) is 0. The first-order chi connectivity index (χ1) is 14.6. The van der Waals surface area contributed by atoms with Gasteiger partial charge in [0, 0.05) is 30.7 Å². The van der Waals surface area contributed by atoms with E-state index in [1.54, 1.807) is 6.20 Å². The third kappa shape index (κ3) is 10.1. The second kappa shape index (κ2) is 17.7. The van der Waals surface area contributed by atoms with Gasteiger partial charge >= 0.3 is 0 Å². The Morgan fingerprint density at radius 3 is 2.53 bits per heavy atom. The van der Waals surface area contributed by atoms with Crippen molar-refractivity contribution >= 4 is 17.3 Å². The lowest BCUT2D eigenvalue weighted by Gasteiger charge is -2.30. The molecular weight excluding hydrogens is 392 g/mol. The van der Waals surface area contributed by atoms with Gasteiger partial charge in [0.25, 0.3) is 0 Å². The maximum Gasteiger partial charge on any atom is 0.151 e. The number of alkyl halides is 1. The Labute approximate surface area is 189 Å². The zero-order valence-corrected chi connectivity index (χ0v) is 20.0. The molecule has 3 nitrogen and oxygen atoms in total. The lowest BCUT2D eigenvalue weighted by Crippen LogP contribution is -2.35. The van der Waals surface area contributed by atoms with Crippen LogP contribution in [-0.2, 0) is 4.74 Å². The van der Waals surface area contributed by atoms with E-state index in [0.717, 1.165) is 49.3 Å². The summed E-state index contributed by atoms with van der Waals surface area (Å²) in [4.78, 5) is 6.75. The van der Waals surface area contributed by atoms with Crippen LogP contribution < -0.4 is 0 Å². The molecule has 0 aromatic rings. The summed E-state index contributed by atoms with van der Waals surface area (Å²) >= 11 is 5.99. The summed E-state index contributed by atoms with van der Waals surface area (Å²) in [5.74, 6) is 1.04. The highest BCUT2D eigenvalue weighted by Gasteiger charge is 2.23. The molecule has 166 valence electrons. The smallest absolute Gasteiger partial charge is 0.151 e. The van der Waals surface area contributed by atoms with Crippen molar-refractivity contribution in [2.75, 3.05) is 25.7 Å². The van der Waals surface area contributed by atoms with Crippen LogP contribution in [-0.4, -0.2) is 36.3 Å². The van der Waals surface area contributed by atoms with Crippen LogP contribution in [0.25, 0.3) is 0 Å². The fraction of sp³-hybridized carbons (Fsp3) is 0.423. The molecule has 0 atom stereocenters.